The smallest absolute Gasteiger partial charge is 0.271 e. The molecule has 0 aliphatic carbocycles. The number of aromatic nitrogens is 2. The minimum absolute atomic E-state index is 0.0168. The molecule has 1 aliphatic rings. The van der Waals surface area contributed by atoms with Gasteiger partial charge < -0.3 is 9.64 Å². The number of hydrogen-bond acceptors (Lipinski definition) is 6. The van der Waals surface area contributed by atoms with E-state index in [4.69, 9.17) is 16.3 Å². The monoisotopic (exact) mass is 483 g/mol. The molecule has 0 atom stereocenters. The van der Waals surface area contributed by atoms with Gasteiger partial charge >= 0.3 is 0 Å². The van der Waals surface area contributed by atoms with Crippen LogP contribution in [-0.4, -0.2) is 56.6 Å². The van der Waals surface area contributed by atoms with Crippen LogP contribution in [0.1, 0.15) is 27.2 Å². The first-order valence-electron chi connectivity index (χ1n) is 11.0. The third kappa shape index (κ3) is 5.55. The Bertz CT molecular complexity index is 1190. The van der Waals surface area contributed by atoms with Crippen molar-refractivity contribution < 1.29 is 14.5 Å². The fraction of sp³-hybridized carbons (Fsp3) is 0.333. The molecule has 0 radical (unpaired) electrons. The Balaban J connectivity index is 1.28. The molecule has 2 aromatic carbocycles. The number of piperazine rings is 1. The summed E-state index contributed by atoms with van der Waals surface area (Å²) in [4.78, 5) is 27.5. The summed E-state index contributed by atoms with van der Waals surface area (Å²) in [5, 5.41) is 15.4. The van der Waals surface area contributed by atoms with Gasteiger partial charge in [0.2, 0.25) is 0 Å². The molecule has 1 aromatic heterocycles. The van der Waals surface area contributed by atoms with Gasteiger partial charge in [0, 0.05) is 69.2 Å². The van der Waals surface area contributed by atoms with Crippen molar-refractivity contribution in [3.8, 4) is 5.75 Å². The van der Waals surface area contributed by atoms with Crippen molar-refractivity contribution in [1.29, 1.82) is 0 Å². The average molecular weight is 484 g/mol. The summed E-state index contributed by atoms with van der Waals surface area (Å²) in [7, 11) is 1.93. The maximum absolute atomic E-state index is 12.9. The van der Waals surface area contributed by atoms with E-state index in [1.54, 1.807) is 12.1 Å². The Hall–Kier alpha value is -3.43. The highest BCUT2D eigenvalue weighted by Gasteiger charge is 2.23. The van der Waals surface area contributed by atoms with Crippen molar-refractivity contribution >= 4 is 23.2 Å². The van der Waals surface area contributed by atoms with Crippen molar-refractivity contribution in [3.63, 3.8) is 0 Å². The Morgan fingerprint density at radius 2 is 1.85 bits per heavy atom. The van der Waals surface area contributed by atoms with Crippen molar-refractivity contribution in [2.75, 3.05) is 26.2 Å². The normalized spacial score (nSPS) is 14.3. The van der Waals surface area contributed by atoms with Crippen molar-refractivity contribution in [1.82, 2.24) is 19.6 Å². The standard InChI is InChI=1S/C24H26ClN5O4/c1-17-20(14-27(2)26-17)15-28-9-11-29(12-10-28)24(31)19-5-3-18(4-6-19)16-34-23-8-7-21(30(32)33)13-22(23)25/h3-8,13-14H,9-12,15-16H2,1-2H3. The zero-order chi connectivity index (χ0) is 24.2. The summed E-state index contributed by atoms with van der Waals surface area (Å²) < 4.78 is 7.52. The molecular weight excluding hydrogens is 458 g/mol. The molecule has 1 saturated heterocycles. The molecule has 34 heavy (non-hydrogen) atoms. The highest BCUT2D eigenvalue weighted by atomic mass is 35.5. The zero-order valence-corrected chi connectivity index (χ0v) is 19.9. The highest BCUT2D eigenvalue weighted by Crippen LogP contribution is 2.29. The summed E-state index contributed by atoms with van der Waals surface area (Å²) >= 11 is 6.07. The molecule has 4 rings (SSSR count). The Labute approximate surface area is 202 Å². The van der Waals surface area contributed by atoms with E-state index >= 15 is 0 Å². The number of carbonyl (C=O) groups is 1. The van der Waals surface area contributed by atoms with Crippen molar-refractivity contribution in [2.45, 2.75) is 20.1 Å². The van der Waals surface area contributed by atoms with E-state index in [-0.39, 0.29) is 23.2 Å². The molecule has 0 N–H and O–H groups in total. The maximum Gasteiger partial charge on any atom is 0.271 e. The molecule has 0 unspecified atom stereocenters. The first kappa shape index (κ1) is 23.7. The zero-order valence-electron chi connectivity index (χ0n) is 19.1. The second-order valence-corrected chi connectivity index (χ2v) is 8.75. The Morgan fingerprint density at radius 3 is 2.44 bits per heavy atom. The van der Waals surface area contributed by atoms with E-state index in [2.05, 4.69) is 10.00 Å². The largest absolute Gasteiger partial charge is 0.487 e. The first-order chi connectivity index (χ1) is 16.3. The SMILES string of the molecule is Cc1nn(C)cc1CN1CCN(C(=O)c2ccc(COc3ccc([N+](=O)[O-])cc3Cl)cc2)CC1. The number of halogens is 1. The lowest BCUT2D eigenvalue weighted by molar-refractivity contribution is -0.384. The second-order valence-electron chi connectivity index (χ2n) is 8.34. The lowest BCUT2D eigenvalue weighted by Crippen LogP contribution is -2.48. The third-order valence-corrected chi connectivity index (χ3v) is 6.19. The molecule has 0 saturated carbocycles. The van der Waals surface area contributed by atoms with Crippen LogP contribution in [0.15, 0.2) is 48.7 Å². The van der Waals surface area contributed by atoms with Gasteiger partial charge in [-0.2, -0.15) is 5.10 Å². The van der Waals surface area contributed by atoms with Crippen molar-refractivity contribution in [2.24, 2.45) is 7.05 Å². The van der Waals surface area contributed by atoms with Crippen LogP contribution in [0.2, 0.25) is 5.02 Å². The number of nitro benzene ring substituents is 1. The lowest BCUT2D eigenvalue weighted by atomic mass is 10.1. The van der Waals surface area contributed by atoms with Crippen LogP contribution in [0.5, 0.6) is 5.75 Å². The predicted molar refractivity (Wildman–Crippen MR) is 128 cm³/mol. The topological polar surface area (TPSA) is 93.7 Å². The van der Waals surface area contributed by atoms with Crippen LogP contribution in [0.3, 0.4) is 0 Å². The van der Waals surface area contributed by atoms with Gasteiger partial charge in [0.25, 0.3) is 11.6 Å². The second kappa shape index (κ2) is 10.2. The van der Waals surface area contributed by atoms with Crippen LogP contribution in [-0.2, 0) is 20.2 Å². The number of rotatable bonds is 7. The van der Waals surface area contributed by atoms with Crippen molar-refractivity contribution in [3.05, 3.63) is 86.2 Å². The van der Waals surface area contributed by atoms with E-state index in [9.17, 15) is 14.9 Å². The Morgan fingerprint density at radius 1 is 1.15 bits per heavy atom. The van der Waals surface area contributed by atoms with Crippen LogP contribution in [0.4, 0.5) is 5.69 Å². The molecule has 0 bridgehead atoms. The van der Waals surface area contributed by atoms with Gasteiger partial charge in [0.05, 0.1) is 15.6 Å². The van der Waals surface area contributed by atoms with Crippen LogP contribution >= 0.6 is 11.6 Å². The predicted octanol–water partition coefficient (Wildman–Crippen LogP) is 3.83. The summed E-state index contributed by atoms with van der Waals surface area (Å²) in [5.74, 6) is 0.384. The van der Waals surface area contributed by atoms with Gasteiger partial charge in [-0.15, -0.1) is 0 Å². The minimum atomic E-state index is -0.507. The number of nitrogens with zero attached hydrogens (tertiary/aromatic N) is 5. The summed E-state index contributed by atoms with van der Waals surface area (Å²) in [6, 6.07) is 11.4. The maximum atomic E-state index is 12.9. The van der Waals surface area contributed by atoms with Gasteiger partial charge in [-0.1, -0.05) is 23.7 Å². The number of hydrogen-bond donors (Lipinski definition) is 0. The lowest BCUT2D eigenvalue weighted by Gasteiger charge is -2.34. The van der Waals surface area contributed by atoms with Gasteiger partial charge in [0.15, 0.2) is 0 Å². The third-order valence-electron chi connectivity index (χ3n) is 5.89. The molecule has 9 nitrogen and oxygen atoms in total. The van der Waals surface area contributed by atoms with Gasteiger partial charge in [-0.25, -0.2) is 0 Å². The molecule has 10 heteroatoms. The average Bonchev–Trinajstić information content (AvgIpc) is 3.14. The molecule has 1 aliphatic heterocycles. The number of aryl methyl sites for hydroxylation is 2. The van der Waals surface area contributed by atoms with E-state index < -0.39 is 4.92 Å². The van der Waals surface area contributed by atoms with Gasteiger partial charge in [0.1, 0.15) is 12.4 Å². The number of non-ortho nitro benzene ring substituents is 1. The molecule has 3 aromatic rings. The molecule has 178 valence electrons. The quantitative estimate of drug-likeness (QED) is 0.374. The van der Waals surface area contributed by atoms with E-state index in [0.29, 0.717) is 24.4 Å². The van der Waals surface area contributed by atoms with Crippen LogP contribution in [0, 0.1) is 17.0 Å². The van der Waals surface area contributed by atoms with Gasteiger partial charge in [-0.3, -0.25) is 24.5 Å². The number of nitro groups is 1. The molecule has 1 amide bonds. The number of carbonyl (C=O) groups excluding carboxylic acids is 1. The molecule has 2 heterocycles. The van der Waals surface area contributed by atoms with Crippen LogP contribution < -0.4 is 4.74 Å². The Kier molecular flexibility index (Phi) is 7.14. The van der Waals surface area contributed by atoms with E-state index in [1.807, 2.05) is 41.9 Å². The number of benzene rings is 2. The van der Waals surface area contributed by atoms with E-state index in [0.717, 1.165) is 30.9 Å². The highest BCUT2D eigenvalue weighted by molar-refractivity contribution is 6.32. The van der Waals surface area contributed by atoms with E-state index in [1.165, 1.54) is 23.8 Å². The number of amides is 1. The first-order valence-corrected chi connectivity index (χ1v) is 11.3. The minimum Gasteiger partial charge on any atom is -0.487 e. The summed E-state index contributed by atoms with van der Waals surface area (Å²) in [6.07, 6.45) is 2.05. The molecule has 1 fully saturated rings. The van der Waals surface area contributed by atoms with Crippen LogP contribution in [0.25, 0.3) is 0 Å². The fourth-order valence-electron chi connectivity index (χ4n) is 3.96. The summed E-state index contributed by atoms with van der Waals surface area (Å²) in [6.45, 7) is 6.10. The van der Waals surface area contributed by atoms with Gasteiger partial charge in [-0.05, 0) is 30.7 Å². The molecular formula is C24H26ClN5O4. The number of ether oxygens (including phenoxy) is 1. The fourth-order valence-corrected chi connectivity index (χ4v) is 4.19. The molecule has 0 spiro atoms. The summed E-state index contributed by atoms with van der Waals surface area (Å²) in [5.41, 5.74) is 3.67.